The zero-order valence-electron chi connectivity index (χ0n) is 20.6. The average molecular weight is 470 g/mol. The van der Waals surface area contributed by atoms with Crippen LogP contribution >= 0.6 is 0 Å². The van der Waals surface area contributed by atoms with E-state index in [0.717, 1.165) is 29.1 Å². The molecule has 4 heterocycles. The zero-order chi connectivity index (χ0) is 24.8. The SMILES string of the molecule is CCC.CCC1C(NN)=Nc2cnc(-c3cccnc3-c3ccccc3)nc2N1c1ccn(C)n1. The molecule has 1 aliphatic rings. The van der Waals surface area contributed by atoms with E-state index in [1.54, 1.807) is 17.1 Å². The van der Waals surface area contributed by atoms with E-state index in [-0.39, 0.29) is 6.04 Å². The normalized spacial score (nSPS) is 14.5. The van der Waals surface area contributed by atoms with Crippen LogP contribution in [0.2, 0.25) is 0 Å². The number of nitrogens with two attached hydrogens (primary N) is 1. The smallest absolute Gasteiger partial charge is 0.165 e. The van der Waals surface area contributed by atoms with E-state index in [2.05, 4.69) is 51.2 Å². The quantitative estimate of drug-likeness (QED) is 0.327. The highest BCUT2D eigenvalue weighted by Gasteiger charge is 2.33. The molecule has 0 radical (unpaired) electrons. The van der Waals surface area contributed by atoms with Gasteiger partial charge >= 0.3 is 0 Å². The molecule has 0 amide bonds. The van der Waals surface area contributed by atoms with Crippen molar-refractivity contribution >= 4 is 23.2 Å². The van der Waals surface area contributed by atoms with Crippen molar-refractivity contribution < 1.29 is 0 Å². The number of nitrogens with one attached hydrogen (secondary N) is 1. The fourth-order valence-corrected chi connectivity index (χ4v) is 3.94. The van der Waals surface area contributed by atoms with E-state index < -0.39 is 0 Å². The lowest BCUT2D eigenvalue weighted by atomic mass is 10.1. The van der Waals surface area contributed by atoms with Crippen molar-refractivity contribution in [1.29, 1.82) is 0 Å². The van der Waals surface area contributed by atoms with Gasteiger partial charge in [0.1, 0.15) is 11.5 Å². The van der Waals surface area contributed by atoms with Gasteiger partial charge in [-0.3, -0.25) is 14.6 Å². The fraction of sp³-hybridized carbons (Fsp3) is 0.269. The number of pyridine rings is 1. The molecule has 1 aromatic carbocycles. The molecule has 0 saturated heterocycles. The maximum atomic E-state index is 5.79. The number of hydrazine groups is 1. The summed E-state index contributed by atoms with van der Waals surface area (Å²) in [7, 11) is 1.89. The zero-order valence-corrected chi connectivity index (χ0v) is 20.6. The number of anilines is 2. The monoisotopic (exact) mass is 469 g/mol. The first-order chi connectivity index (χ1) is 17.1. The first-order valence-electron chi connectivity index (χ1n) is 11.8. The topological polar surface area (TPSA) is 110 Å². The molecule has 35 heavy (non-hydrogen) atoms. The Kier molecular flexibility index (Phi) is 7.47. The molecule has 4 aromatic rings. The van der Waals surface area contributed by atoms with Gasteiger partial charge in [0.15, 0.2) is 17.5 Å². The molecule has 9 nitrogen and oxygen atoms in total. The van der Waals surface area contributed by atoms with Crippen molar-refractivity contribution in [1.82, 2.24) is 30.2 Å². The van der Waals surface area contributed by atoms with Crippen molar-refractivity contribution in [3.05, 3.63) is 67.1 Å². The Hall–Kier alpha value is -4.11. The lowest BCUT2D eigenvalue weighted by Crippen LogP contribution is -2.49. The molecule has 9 heteroatoms. The number of aliphatic imine (C=N–C) groups is 1. The van der Waals surface area contributed by atoms with Gasteiger partial charge in [0.05, 0.1) is 17.9 Å². The molecule has 0 spiro atoms. The van der Waals surface area contributed by atoms with E-state index in [1.807, 2.05) is 61.8 Å². The highest BCUT2D eigenvalue weighted by atomic mass is 15.4. The minimum absolute atomic E-state index is 0.132. The molecule has 1 aliphatic heterocycles. The Bertz CT molecular complexity index is 1300. The molecule has 3 N–H and O–H groups in total. The second-order valence-electron chi connectivity index (χ2n) is 8.16. The Labute approximate surface area is 205 Å². The van der Waals surface area contributed by atoms with Gasteiger partial charge in [0.2, 0.25) is 0 Å². The minimum Gasteiger partial charge on any atom is -0.310 e. The summed E-state index contributed by atoms with van der Waals surface area (Å²) >= 11 is 0. The van der Waals surface area contributed by atoms with E-state index >= 15 is 0 Å². The number of aryl methyl sites for hydroxylation is 1. The van der Waals surface area contributed by atoms with Crippen LogP contribution in [0.25, 0.3) is 22.6 Å². The molecule has 1 atom stereocenters. The van der Waals surface area contributed by atoms with E-state index in [4.69, 9.17) is 10.8 Å². The first kappa shape index (κ1) is 24.0. The molecule has 0 aliphatic carbocycles. The summed E-state index contributed by atoms with van der Waals surface area (Å²) in [6.45, 7) is 6.33. The molecule has 5 rings (SSSR count). The number of benzene rings is 1. The van der Waals surface area contributed by atoms with Crippen molar-refractivity contribution in [2.45, 2.75) is 39.7 Å². The van der Waals surface area contributed by atoms with E-state index in [0.29, 0.717) is 23.2 Å². The van der Waals surface area contributed by atoms with Crippen LogP contribution < -0.4 is 16.2 Å². The molecular weight excluding hydrogens is 438 g/mol. The van der Waals surface area contributed by atoms with Crippen LogP contribution in [-0.2, 0) is 7.05 Å². The Balaban J connectivity index is 0.000000917. The van der Waals surface area contributed by atoms with Gasteiger partial charge in [-0.05, 0) is 18.6 Å². The van der Waals surface area contributed by atoms with Crippen molar-refractivity contribution in [3.8, 4) is 22.6 Å². The van der Waals surface area contributed by atoms with E-state index in [1.165, 1.54) is 6.42 Å². The van der Waals surface area contributed by atoms with Crippen molar-refractivity contribution in [2.75, 3.05) is 4.90 Å². The van der Waals surface area contributed by atoms with Crippen LogP contribution in [-0.4, -0.2) is 36.6 Å². The third kappa shape index (κ3) is 4.90. The average Bonchev–Trinajstić information content (AvgIpc) is 3.33. The second-order valence-corrected chi connectivity index (χ2v) is 8.16. The van der Waals surface area contributed by atoms with Crippen molar-refractivity contribution in [3.63, 3.8) is 0 Å². The fourth-order valence-electron chi connectivity index (χ4n) is 3.94. The van der Waals surface area contributed by atoms with Gasteiger partial charge in [0, 0.05) is 36.6 Å². The molecular formula is C26H31N9. The summed E-state index contributed by atoms with van der Waals surface area (Å²) in [4.78, 5) is 20.9. The number of hydrogen-bond acceptors (Lipinski definition) is 8. The lowest BCUT2D eigenvalue weighted by molar-refractivity contribution is 0.703. The second kappa shape index (κ2) is 10.9. The minimum atomic E-state index is -0.132. The number of nitrogens with zero attached hydrogens (tertiary/aromatic N) is 7. The first-order valence-corrected chi connectivity index (χ1v) is 11.8. The highest BCUT2D eigenvalue weighted by Crippen LogP contribution is 2.39. The summed E-state index contributed by atoms with van der Waals surface area (Å²) in [5.41, 5.74) is 6.05. The molecule has 0 saturated carbocycles. The third-order valence-electron chi connectivity index (χ3n) is 5.42. The maximum Gasteiger partial charge on any atom is 0.165 e. The summed E-state index contributed by atoms with van der Waals surface area (Å²) in [5.74, 6) is 8.47. The number of rotatable bonds is 4. The Morgan fingerprint density at radius 3 is 2.43 bits per heavy atom. The van der Waals surface area contributed by atoms with Gasteiger partial charge in [-0.1, -0.05) is 57.5 Å². The van der Waals surface area contributed by atoms with Crippen LogP contribution in [0.4, 0.5) is 17.3 Å². The third-order valence-corrected chi connectivity index (χ3v) is 5.42. The van der Waals surface area contributed by atoms with Crippen LogP contribution in [0, 0.1) is 0 Å². The van der Waals surface area contributed by atoms with Gasteiger partial charge in [0.25, 0.3) is 0 Å². The predicted octanol–water partition coefficient (Wildman–Crippen LogP) is 4.78. The summed E-state index contributed by atoms with van der Waals surface area (Å²) < 4.78 is 1.76. The van der Waals surface area contributed by atoms with Crippen molar-refractivity contribution in [2.24, 2.45) is 17.9 Å². The molecule has 0 fully saturated rings. The summed E-state index contributed by atoms with van der Waals surface area (Å²) in [6, 6.07) is 15.7. The maximum absolute atomic E-state index is 5.79. The van der Waals surface area contributed by atoms with Crippen LogP contribution in [0.15, 0.2) is 72.1 Å². The highest BCUT2D eigenvalue weighted by molar-refractivity contribution is 5.98. The number of fused-ring (bicyclic) bond motifs is 1. The Morgan fingerprint density at radius 2 is 1.77 bits per heavy atom. The largest absolute Gasteiger partial charge is 0.310 e. The molecule has 1 unspecified atom stereocenters. The van der Waals surface area contributed by atoms with Crippen LogP contribution in [0.5, 0.6) is 0 Å². The number of aromatic nitrogens is 5. The van der Waals surface area contributed by atoms with Gasteiger partial charge < -0.3 is 5.43 Å². The van der Waals surface area contributed by atoms with E-state index in [9.17, 15) is 0 Å². The van der Waals surface area contributed by atoms with Gasteiger partial charge in [-0.25, -0.2) is 20.8 Å². The van der Waals surface area contributed by atoms with Crippen LogP contribution in [0.1, 0.15) is 33.6 Å². The number of amidine groups is 1. The molecule has 180 valence electrons. The Morgan fingerprint density at radius 1 is 1.00 bits per heavy atom. The molecule has 0 bridgehead atoms. The lowest BCUT2D eigenvalue weighted by Gasteiger charge is -2.34. The molecule has 3 aromatic heterocycles. The number of hydrogen-bond donors (Lipinski definition) is 2. The van der Waals surface area contributed by atoms with Gasteiger partial charge in [-0.15, -0.1) is 0 Å². The summed E-state index contributed by atoms with van der Waals surface area (Å²) in [5, 5.41) is 4.61. The standard InChI is InChI=1S/C23H23N9.C3H8/c1-3-18-22(29-24)27-17-14-26-21(28-23(17)32(18)19-11-13-31(2)30-19)16-10-7-12-25-20(16)15-8-5-4-6-9-15;1-3-2/h4-14,18H,3,24H2,1-2H3,(H,27,29);3H2,1-2H3. The summed E-state index contributed by atoms with van der Waals surface area (Å²) in [6.07, 6.45) is 7.42. The van der Waals surface area contributed by atoms with Gasteiger partial charge in [-0.2, -0.15) is 5.10 Å². The predicted molar refractivity (Wildman–Crippen MR) is 141 cm³/mol. The van der Waals surface area contributed by atoms with Crippen LogP contribution in [0.3, 0.4) is 0 Å².